The highest BCUT2D eigenvalue weighted by molar-refractivity contribution is 5.95. The van der Waals surface area contributed by atoms with Crippen molar-refractivity contribution in [2.75, 3.05) is 5.43 Å². The van der Waals surface area contributed by atoms with Gasteiger partial charge in [0.05, 0.1) is 0 Å². The van der Waals surface area contributed by atoms with Crippen molar-refractivity contribution < 1.29 is 4.79 Å². The molecular weight excluding hydrogens is 216 g/mol. The number of hydrazine groups is 1. The number of rotatable bonds is 4. The number of anilines is 1. The predicted molar refractivity (Wildman–Crippen MR) is 68.6 cm³/mol. The van der Waals surface area contributed by atoms with E-state index in [1.165, 1.54) is 0 Å². The Morgan fingerprint density at radius 3 is 2.53 bits per heavy atom. The van der Waals surface area contributed by atoms with Gasteiger partial charge in [0.2, 0.25) is 0 Å². The second kappa shape index (κ2) is 5.63. The minimum atomic E-state index is -0.104. The van der Waals surface area contributed by atoms with Gasteiger partial charge in [-0.3, -0.25) is 4.79 Å². The van der Waals surface area contributed by atoms with Gasteiger partial charge in [0.1, 0.15) is 5.82 Å². The van der Waals surface area contributed by atoms with Gasteiger partial charge in [-0.2, -0.15) is 0 Å². The Hall–Kier alpha value is -1.62. The number of hydrogen-bond donors (Lipinski definition) is 3. The third-order valence-corrected chi connectivity index (χ3v) is 2.72. The van der Waals surface area contributed by atoms with Crippen LogP contribution in [0.15, 0.2) is 12.1 Å². The molecule has 1 unspecified atom stereocenters. The van der Waals surface area contributed by atoms with Crippen LogP contribution in [0, 0.1) is 12.8 Å². The van der Waals surface area contributed by atoms with Crippen molar-refractivity contribution in [1.29, 1.82) is 0 Å². The van der Waals surface area contributed by atoms with E-state index in [9.17, 15) is 4.79 Å². The molecule has 0 aromatic carbocycles. The van der Waals surface area contributed by atoms with E-state index in [0.717, 1.165) is 5.69 Å². The van der Waals surface area contributed by atoms with Gasteiger partial charge in [-0.05, 0) is 31.9 Å². The van der Waals surface area contributed by atoms with Crippen LogP contribution in [-0.2, 0) is 0 Å². The molecule has 1 amide bonds. The van der Waals surface area contributed by atoms with Crippen LogP contribution in [0.4, 0.5) is 5.82 Å². The van der Waals surface area contributed by atoms with E-state index >= 15 is 0 Å². The molecule has 1 heterocycles. The number of nitrogens with one attached hydrogen (secondary N) is 2. The van der Waals surface area contributed by atoms with Crippen molar-refractivity contribution in [3.8, 4) is 0 Å². The molecule has 0 saturated carbocycles. The van der Waals surface area contributed by atoms with Crippen LogP contribution in [0.2, 0.25) is 0 Å². The summed E-state index contributed by atoms with van der Waals surface area (Å²) in [5, 5.41) is 2.94. The molecule has 5 heteroatoms. The Morgan fingerprint density at radius 1 is 1.35 bits per heavy atom. The number of amides is 1. The molecule has 1 rings (SSSR count). The lowest BCUT2D eigenvalue weighted by Crippen LogP contribution is -2.36. The van der Waals surface area contributed by atoms with E-state index in [1.807, 2.05) is 13.8 Å². The van der Waals surface area contributed by atoms with Gasteiger partial charge in [0.15, 0.2) is 0 Å². The standard InChI is InChI=1S/C12H20N4O/c1-7(2)9(4)15-12(17)10-5-8(3)14-11(6-10)16-13/h5-7,9H,13H2,1-4H3,(H,14,16)(H,15,17). The van der Waals surface area contributed by atoms with Gasteiger partial charge in [0.25, 0.3) is 5.91 Å². The van der Waals surface area contributed by atoms with Crippen molar-refractivity contribution in [3.63, 3.8) is 0 Å². The minimum Gasteiger partial charge on any atom is -0.349 e. The van der Waals surface area contributed by atoms with E-state index in [0.29, 0.717) is 17.3 Å². The highest BCUT2D eigenvalue weighted by atomic mass is 16.1. The summed E-state index contributed by atoms with van der Waals surface area (Å²) >= 11 is 0. The molecular formula is C12H20N4O. The van der Waals surface area contributed by atoms with Crippen molar-refractivity contribution in [1.82, 2.24) is 10.3 Å². The van der Waals surface area contributed by atoms with Crippen molar-refractivity contribution >= 4 is 11.7 Å². The monoisotopic (exact) mass is 236 g/mol. The number of carbonyl (C=O) groups excluding carboxylic acids is 1. The zero-order valence-corrected chi connectivity index (χ0v) is 10.7. The molecule has 0 aliphatic rings. The lowest BCUT2D eigenvalue weighted by Gasteiger charge is -2.17. The molecule has 0 aliphatic carbocycles. The highest BCUT2D eigenvalue weighted by Crippen LogP contribution is 2.10. The maximum absolute atomic E-state index is 12.0. The quantitative estimate of drug-likeness (QED) is 0.546. The molecule has 0 bridgehead atoms. The first kappa shape index (κ1) is 13.4. The van der Waals surface area contributed by atoms with Gasteiger partial charge in [0, 0.05) is 17.3 Å². The van der Waals surface area contributed by atoms with Crippen LogP contribution < -0.4 is 16.6 Å². The van der Waals surface area contributed by atoms with Crippen LogP contribution in [-0.4, -0.2) is 16.9 Å². The Kier molecular flexibility index (Phi) is 4.45. The van der Waals surface area contributed by atoms with E-state index in [-0.39, 0.29) is 11.9 Å². The molecule has 5 nitrogen and oxygen atoms in total. The fourth-order valence-electron chi connectivity index (χ4n) is 1.33. The Morgan fingerprint density at radius 2 is 2.00 bits per heavy atom. The first-order valence-electron chi connectivity index (χ1n) is 5.70. The van der Waals surface area contributed by atoms with Crippen LogP contribution >= 0.6 is 0 Å². The second-order valence-electron chi connectivity index (χ2n) is 4.53. The molecule has 94 valence electrons. The first-order valence-corrected chi connectivity index (χ1v) is 5.70. The zero-order chi connectivity index (χ0) is 13.0. The third kappa shape index (κ3) is 3.71. The van der Waals surface area contributed by atoms with Crippen LogP contribution in [0.1, 0.15) is 36.8 Å². The predicted octanol–water partition coefficient (Wildman–Crippen LogP) is 1.45. The summed E-state index contributed by atoms with van der Waals surface area (Å²) in [6.07, 6.45) is 0. The Balaban J connectivity index is 2.85. The summed E-state index contributed by atoms with van der Waals surface area (Å²) in [7, 11) is 0. The smallest absolute Gasteiger partial charge is 0.251 e. The third-order valence-electron chi connectivity index (χ3n) is 2.72. The number of nitrogens with two attached hydrogens (primary N) is 1. The fraction of sp³-hybridized carbons (Fsp3) is 0.500. The zero-order valence-electron chi connectivity index (χ0n) is 10.7. The maximum atomic E-state index is 12.0. The van der Waals surface area contributed by atoms with Gasteiger partial charge < -0.3 is 10.7 Å². The largest absolute Gasteiger partial charge is 0.349 e. The average Bonchev–Trinajstić information content (AvgIpc) is 2.27. The highest BCUT2D eigenvalue weighted by Gasteiger charge is 2.13. The molecule has 0 aliphatic heterocycles. The lowest BCUT2D eigenvalue weighted by atomic mass is 10.1. The lowest BCUT2D eigenvalue weighted by molar-refractivity contribution is 0.0930. The normalized spacial score (nSPS) is 12.4. The number of carbonyl (C=O) groups is 1. The average molecular weight is 236 g/mol. The molecule has 0 radical (unpaired) electrons. The molecule has 4 N–H and O–H groups in total. The van der Waals surface area contributed by atoms with E-state index in [4.69, 9.17) is 5.84 Å². The van der Waals surface area contributed by atoms with Gasteiger partial charge >= 0.3 is 0 Å². The number of aryl methyl sites for hydroxylation is 1. The summed E-state index contributed by atoms with van der Waals surface area (Å²) in [4.78, 5) is 16.1. The molecule has 0 saturated heterocycles. The molecule has 1 aromatic rings. The summed E-state index contributed by atoms with van der Waals surface area (Å²) < 4.78 is 0. The van der Waals surface area contributed by atoms with E-state index in [1.54, 1.807) is 12.1 Å². The topological polar surface area (TPSA) is 80.0 Å². The van der Waals surface area contributed by atoms with Crippen molar-refractivity contribution in [2.45, 2.75) is 33.7 Å². The summed E-state index contributed by atoms with van der Waals surface area (Å²) in [6, 6.07) is 3.50. The molecule has 1 atom stereocenters. The van der Waals surface area contributed by atoms with Gasteiger partial charge in [-0.1, -0.05) is 13.8 Å². The van der Waals surface area contributed by atoms with Gasteiger partial charge in [-0.15, -0.1) is 0 Å². The minimum absolute atomic E-state index is 0.104. The summed E-state index contributed by atoms with van der Waals surface area (Å²) in [5.74, 6) is 6.08. The number of pyridine rings is 1. The molecule has 17 heavy (non-hydrogen) atoms. The maximum Gasteiger partial charge on any atom is 0.251 e. The molecule has 1 aromatic heterocycles. The number of aromatic nitrogens is 1. The van der Waals surface area contributed by atoms with Crippen LogP contribution in [0.25, 0.3) is 0 Å². The van der Waals surface area contributed by atoms with Gasteiger partial charge in [-0.25, -0.2) is 10.8 Å². The summed E-state index contributed by atoms with van der Waals surface area (Å²) in [5.41, 5.74) is 3.77. The Labute approximate surface area is 102 Å². The van der Waals surface area contributed by atoms with E-state index < -0.39 is 0 Å². The van der Waals surface area contributed by atoms with Crippen LogP contribution in [0.3, 0.4) is 0 Å². The second-order valence-corrected chi connectivity index (χ2v) is 4.53. The summed E-state index contributed by atoms with van der Waals surface area (Å²) in [6.45, 7) is 7.94. The number of nitrogens with zero attached hydrogens (tertiary/aromatic N) is 1. The van der Waals surface area contributed by atoms with E-state index in [2.05, 4.69) is 29.6 Å². The number of nitrogen functional groups attached to an aromatic ring is 1. The molecule has 0 spiro atoms. The fourth-order valence-corrected chi connectivity index (χ4v) is 1.33. The SMILES string of the molecule is Cc1cc(C(=O)NC(C)C(C)C)cc(NN)n1. The van der Waals surface area contributed by atoms with Crippen molar-refractivity contribution in [2.24, 2.45) is 11.8 Å². The molecule has 0 fully saturated rings. The number of hydrogen-bond acceptors (Lipinski definition) is 4. The first-order chi connectivity index (χ1) is 7.93. The van der Waals surface area contributed by atoms with Crippen LogP contribution in [0.5, 0.6) is 0 Å². The Bertz CT molecular complexity index is 403. The van der Waals surface area contributed by atoms with Crippen molar-refractivity contribution in [3.05, 3.63) is 23.4 Å².